The molecule has 11 heteroatoms. The standard InChI is InChI=1S/C19H19N9OS/c1-3-19-11-29-8-7-27(19)14-13(28-12(2)24-25-17(19)28)10-22-18(23-14)26-6-4-20-15(26)16-21-5-9-30-16/h4-6,9-10H,3,7-8,11H2,1-2H3/t19-/m1/s1. The highest BCUT2D eigenvalue weighted by Crippen LogP contribution is 2.44. The number of aromatic nitrogens is 8. The summed E-state index contributed by atoms with van der Waals surface area (Å²) < 4.78 is 9.83. The van der Waals surface area contributed by atoms with Crippen molar-refractivity contribution >= 4 is 17.2 Å². The molecule has 0 spiro atoms. The number of hydrogen-bond acceptors (Lipinski definition) is 9. The molecule has 0 aromatic carbocycles. The zero-order chi connectivity index (χ0) is 20.3. The number of nitrogens with zero attached hydrogens (tertiary/aromatic N) is 9. The van der Waals surface area contributed by atoms with Gasteiger partial charge in [0.15, 0.2) is 22.5 Å². The summed E-state index contributed by atoms with van der Waals surface area (Å²) in [6.45, 7) is 6.03. The highest BCUT2D eigenvalue weighted by atomic mass is 32.1. The number of rotatable bonds is 3. The van der Waals surface area contributed by atoms with Crippen LogP contribution in [0.3, 0.4) is 0 Å². The van der Waals surface area contributed by atoms with Gasteiger partial charge < -0.3 is 9.64 Å². The fourth-order valence-electron chi connectivity index (χ4n) is 4.37. The number of morpholine rings is 1. The highest BCUT2D eigenvalue weighted by molar-refractivity contribution is 7.13. The third-order valence-electron chi connectivity index (χ3n) is 5.86. The number of aryl methyl sites for hydroxylation is 1. The van der Waals surface area contributed by atoms with Crippen LogP contribution in [-0.4, -0.2) is 59.0 Å². The predicted molar refractivity (Wildman–Crippen MR) is 110 cm³/mol. The summed E-state index contributed by atoms with van der Waals surface area (Å²) >= 11 is 1.54. The van der Waals surface area contributed by atoms with Crippen LogP contribution < -0.4 is 4.90 Å². The fourth-order valence-corrected chi connectivity index (χ4v) is 5.00. The number of anilines is 1. The first-order valence-electron chi connectivity index (χ1n) is 9.82. The van der Waals surface area contributed by atoms with Gasteiger partial charge in [-0.2, -0.15) is 4.98 Å². The van der Waals surface area contributed by atoms with Crippen molar-refractivity contribution in [2.45, 2.75) is 25.8 Å². The predicted octanol–water partition coefficient (Wildman–Crippen LogP) is 2.13. The number of thiazole rings is 1. The maximum absolute atomic E-state index is 5.90. The Kier molecular flexibility index (Phi) is 3.77. The molecule has 4 aromatic heterocycles. The van der Waals surface area contributed by atoms with Crippen LogP contribution in [0.1, 0.15) is 25.0 Å². The maximum Gasteiger partial charge on any atom is 0.237 e. The third-order valence-corrected chi connectivity index (χ3v) is 6.63. The fraction of sp³-hybridized carbons (Fsp3) is 0.368. The molecule has 0 aliphatic carbocycles. The molecule has 10 nitrogen and oxygen atoms in total. The molecule has 1 atom stereocenters. The first kappa shape index (κ1) is 17.7. The minimum atomic E-state index is -0.398. The van der Waals surface area contributed by atoms with E-state index in [0.29, 0.717) is 19.2 Å². The molecule has 0 amide bonds. The summed E-state index contributed by atoms with van der Waals surface area (Å²) in [5.41, 5.74) is 0.490. The smallest absolute Gasteiger partial charge is 0.237 e. The Labute approximate surface area is 176 Å². The quantitative estimate of drug-likeness (QED) is 0.496. The number of fused-ring (bicyclic) bond motifs is 6. The molecule has 152 valence electrons. The van der Waals surface area contributed by atoms with Crippen molar-refractivity contribution in [3.8, 4) is 22.5 Å². The van der Waals surface area contributed by atoms with Gasteiger partial charge >= 0.3 is 0 Å². The van der Waals surface area contributed by atoms with E-state index < -0.39 is 5.54 Å². The largest absolute Gasteiger partial charge is 0.377 e. The Balaban J connectivity index is 1.57. The van der Waals surface area contributed by atoms with E-state index in [-0.39, 0.29) is 0 Å². The van der Waals surface area contributed by atoms with E-state index in [4.69, 9.17) is 9.72 Å². The first-order valence-corrected chi connectivity index (χ1v) is 10.7. The molecule has 2 aliphatic heterocycles. The minimum absolute atomic E-state index is 0.398. The molecular weight excluding hydrogens is 402 g/mol. The van der Waals surface area contributed by atoms with Gasteiger partial charge in [0.2, 0.25) is 5.95 Å². The normalized spacial score (nSPS) is 20.0. The van der Waals surface area contributed by atoms with Crippen molar-refractivity contribution in [2.75, 3.05) is 24.7 Å². The summed E-state index contributed by atoms with van der Waals surface area (Å²) in [5.74, 6) is 3.84. The van der Waals surface area contributed by atoms with Crippen LogP contribution in [0.4, 0.5) is 5.82 Å². The lowest BCUT2D eigenvalue weighted by molar-refractivity contribution is 0.0390. The average molecular weight is 421 g/mol. The minimum Gasteiger partial charge on any atom is -0.377 e. The zero-order valence-corrected chi connectivity index (χ0v) is 17.4. The van der Waals surface area contributed by atoms with Crippen LogP contribution in [0.25, 0.3) is 22.5 Å². The van der Waals surface area contributed by atoms with E-state index in [9.17, 15) is 0 Å². The van der Waals surface area contributed by atoms with E-state index >= 15 is 0 Å². The topological polar surface area (TPSA) is 99.7 Å². The highest BCUT2D eigenvalue weighted by Gasteiger charge is 2.49. The van der Waals surface area contributed by atoms with E-state index in [1.807, 2.05) is 29.3 Å². The van der Waals surface area contributed by atoms with Gasteiger partial charge in [-0.15, -0.1) is 21.5 Å². The third kappa shape index (κ3) is 2.27. The van der Waals surface area contributed by atoms with Crippen LogP contribution in [-0.2, 0) is 10.3 Å². The molecule has 1 saturated heterocycles. The molecule has 0 radical (unpaired) electrons. The van der Waals surface area contributed by atoms with Gasteiger partial charge in [-0.1, -0.05) is 6.92 Å². The lowest BCUT2D eigenvalue weighted by Crippen LogP contribution is -2.58. The Morgan fingerprint density at radius 3 is 2.97 bits per heavy atom. The summed E-state index contributed by atoms with van der Waals surface area (Å²) in [7, 11) is 0. The molecule has 0 bridgehead atoms. The SMILES string of the molecule is CC[C@]12COCCN1c1nc(-n3ccnc3-c3nccs3)ncc1-n1c(C)nnc12. The van der Waals surface area contributed by atoms with Gasteiger partial charge in [-0.05, 0) is 13.3 Å². The second kappa shape index (κ2) is 6.41. The molecule has 0 unspecified atom stereocenters. The van der Waals surface area contributed by atoms with Crippen molar-refractivity contribution in [1.29, 1.82) is 0 Å². The van der Waals surface area contributed by atoms with Crippen molar-refractivity contribution in [3.63, 3.8) is 0 Å². The first-order chi connectivity index (χ1) is 14.7. The Morgan fingerprint density at radius 1 is 1.20 bits per heavy atom. The van der Waals surface area contributed by atoms with E-state index in [1.54, 1.807) is 12.4 Å². The lowest BCUT2D eigenvalue weighted by Gasteiger charge is -2.49. The van der Waals surface area contributed by atoms with E-state index in [1.165, 1.54) is 11.3 Å². The van der Waals surface area contributed by atoms with Gasteiger partial charge in [0.05, 0.1) is 19.4 Å². The van der Waals surface area contributed by atoms with Crippen LogP contribution >= 0.6 is 11.3 Å². The van der Waals surface area contributed by atoms with Crippen molar-refractivity contribution in [2.24, 2.45) is 0 Å². The lowest BCUT2D eigenvalue weighted by atomic mass is 9.90. The Hall–Kier alpha value is -3.18. The summed E-state index contributed by atoms with van der Waals surface area (Å²) in [5, 5.41) is 11.6. The van der Waals surface area contributed by atoms with Gasteiger partial charge in [-0.25, -0.2) is 15.0 Å². The summed E-state index contributed by atoms with van der Waals surface area (Å²) in [6.07, 6.45) is 8.06. The molecule has 0 saturated carbocycles. The molecule has 6 heterocycles. The van der Waals surface area contributed by atoms with E-state index in [2.05, 4.69) is 41.5 Å². The van der Waals surface area contributed by atoms with Crippen molar-refractivity contribution < 1.29 is 4.74 Å². The number of ether oxygens (including phenoxy) is 1. The molecule has 4 aromatic rings. The van der Waals surface area contributed by atoms with E-state index in [0.717, 1.165) is 47.0 Å². The second-order valence-electron chi connectivity index (χ2n) is 7.33. The van der Waals surface area contributed by atoms with Gasteiger partial charge in [0.1, 0.15) is 17.1 Å². The van der Waals surface area contributed by atoms with Gasteiger partial charge in [0.25, 0.3) is 0 Å². The second-order valence-corrected chi connectivity index (χ2v) is 8.23. The van der Waals surface area contributed by atoms with Crippen LogP contribution in [0.5, 0.6) is 0 Å². The zero-order valence-electron chi connectivity index (χ0n) is 16.6. The summed E-state index contributed by atoms with van der Waals surface area (Å²) in [6, 6.07) is 0. The van der Waals surface area contributed by atoms with Gasteiger partial charge in [0, 0.05) is 30.5 Å². The molecular formula is C19H19N9OS. The van der Waals surface area contributed by atoms with Crippen LogP contribution in [0, 0.1) is 6.92 Å². The molecule has 30 heavy (non-hydrogen) atoms. The Bertz CT molecular complexity index is 1230. The molecule has 6 rings (SSSR count). The monoisotopic (exact) mass is 421 g/mol. The number of imidazole rings is 1. The molecule has 2 aliphatic rings. The number of hydrogen-bond donors (Lipinski definition) is 0. The molecule has 0 N–H and O–H groups in total. The average Bonchev–Trinajstić information content (AvgIpc) is 3.54. The Morgan fingerprint density at radius 2 is 2.13 bits per heavy atom. The molecule has 1 fully saturated rings. The maximum atomic E-state index is 5.90. The van der Waals surface area contributed by atoms with Crippen LogP contribution in [0.2, 0.25) is 0 Å². The van der Waals surface area contributed by atoms with Gasteiger partial charge in [-0.3, -0.25) is 9.13 Å². The van der Waals surface area contributed by atoms with Crippen molar-refractivity contribution in [3.05, 3.63) is 41.8 Å². The van der Waals surface area contributed by atoms with Crippen molar-refractivity contribution in [1.82, 2.24) is 39.3 Å². The summed E-state index contributed by atoms with van der Waals surface area (Å²) in [4.78, 5) is 20.8. The van der Waals surface area contributed by atoms with Crippen LogP contribution in [0.15, 0.2) is 30.2 Å².